The summed E-state index contributed by atoms with van der Waals surface area (Å²) in [6.45, 7) is 0.825. The van der Waals surface area contributed by atoms with Crippen LogP contribution in [0.15, 0.2) is 95.9 Å². The molecule has 4 rings (SSSR count). The van der Waals surface area contributed by atoms with Crippen molar-refractivity contribution in [1.29, 1.82) is 0 Å². The van der Waals surface area contributed by atoms with Crippen LogP contribution in [0.3, 0.4) is 0 Å². The lowest BCUT2D eigenvalue weighted by molar-refractivity contribution is 0.159. The zero-order chi connectivity index (χ0) is 30.1. The van der Waals surface area contributed by atoms with Gasteiger partial charge in [0.25, 0.3) is 10.0 Å². The van der Waals surface area contributed by atoms with Crippen molar-refractivity contribution in [3.63, 3.8) is 0 Å². The Kier molecular flexibility index (Phi) is 9.77. The van der Waals surface area contributed by atoms with Crippen molar-refractivity contribution in [2.45, 2.75) is 11.4 Å². The van der Waals surface area contributed by atoms with Gasteiger partial charge in [-0.2, -0.15) is 0 Å². The summed E-state index contributed by atoms with van der Waals surface area (Å²) >= 11 is 0. The van der Waals surface area contributed by atoms with Crippen LogP contribution in [0.25, 0.3) is 11.1 Å². The molecule has 0 radical (unpaired) electrons. The first kappa shape index (κ1) is 30.1. The second-order valence-corrected chi connectivity index (χ2v) is 10.8. The van der Waals surface area contributed by atoms with Crippen LogP contribution < -0.4 is 29.6 Å². The summed E-state index contributed by atoms with van der Waals surface area (Å²) in [6, 6.07) is 26.8. The number of para-hydroxylation sites is 1. The van der Waals surface area contributed by atoms with Crippen LogP contribution in [0.2, 0.25) is 0 Å². The quantitative estimate of drug-likeness (QED) is 0.215. The molecule has 3 N–H and O–H groups in total. The molecular weight excluding hydrogens is 558 g/mol. The molecule has 4 aromatic rings. The van der Waals surface area contributed by atoms with Crippen LogP contribution in [-0.2, 0) is 21.3 Å². The van der Waals surface area contributed by atoms with Crippen LogP contribution in [-0.4, -0.2) is 49.0 Å². The molecule has 0 aromatic heterocycles. The molecule has 10 nitrogen and oxygen atoms in total. The highest BCUT2D eigenvalue weighted by molar-refractivity contribution is 7.92. The van der Waals surface area contributed by atoms with Crippen molar-refractivity contribution in [2.75, 3.05) is 44.1 Å². The van der Waals surface area contributed by atoms with Crippen molar-refractivity contribution >= 4 is 27.5 Å². The summed E-state index contributed by atoms with van der Waals surface area (Å²) in [6.07, 6.45) is -0.870. The van der Waals surface area contributed by atoms with E-state index < -0.39 is 16.1 Å². The van der Waals surface area contributed by atoms with Crippen LogP contribution >= 0.6 is 0 Å². The second-order valence-electron chi connectivity index (χ2n) is 9.16. The number of rotatable bonds is 13. The fourth-order valence-corrected chi connectivity index (χ4v) is 5.67. The molecule has 0 aliphatic heterocycles. The average Bonchev–Trinajstić information content (AvgIpc) is 3.00. The fourth-order valence-electron chi connectivity index (χ4n) is 4.42. The van der Waals surface area contributed by atoms with Gasteiger partial charge in [0.15, 0.2) is 0 Å². The lowest BCUT2D eigenvalue weighted by Gasteiger charge is -2.25. The van der Waals surface area contributed by atoms with E-state index in [0.29, 0.717) is 35.8 Å². The highest BCUT2D eigenvalue weighted by Gasteiger charge is 2.22. The van der Waals surface area contributed by atoms with Gasteiger partial charge in [0.1, 0.15) is 28.8 Å². The topological polar surface area (TPSA) is 129 Å². The van der Waals surface area contributed by atoms with E-state index in [2.05, 4.69) is 4.72 Å². The van der Waals surface area contributed by atoms with Crippen molar-refractivity contribution in [2.24, 2.45) is 5.73 Å². The number of nitrogens with two attached hydrogens (primary N) is 1. The van der Waals surface area contributed by atoms with Crippen molar-refractivity contribution in [1.82, 2.24) is 0 Å². The minimum Gasteiger partial charge on any atom is -0.497 e. The smallest absolute Gasteiger partial charge is 0.404 e. The summed E-state index contributed by atoms with van der Waals surface area (Å²) in [7, 11) is 0.501. The molecule has 11 heteroatoms. The van der Waals surface area contributed by atoms with Gasteiger partial charge in [0, 0.05) is 17.8 Å². The minimum absolute atomic E-state index is 0.0243. The number of nitrogens with one attached hydrogen (secondary N) is 1. The van der Waals surface area contributed by atoms with Gasteiger partial charge >= 0.3 is 6.09 Å². The number of sulfonamides is 1. The van der Waals surface area contributed by atoms with Gasteiger partial charge in [0.2, 0.25) is 0 Å². The first-order valence-corrected chi connectivity index (χ1v) is 14.5. The van der Waals surface area contributed by atoms with Crippen molar-refractivity contribution in [3.05, 3.63) is 96.6 Å². The van der Waals surface area contributed by atoms with Gasteiger partial charge < -0.3 is 29.6 Å². The Morgan fingerprint density at radius 1 is 0.833 bits per heavy atom. The van der Waals surface area contributed by atoms with Crippen LogP contribution in [0.5, 0.6) is 17.2 Å². The molecule has 1 amide bonds. The molecule has 0 fully saturated rings. The predicted molar refractivity (Wildman–Crippen MR) is 162 cm³/mol. The van der Waals surface area contributed by atoms with E-state index >= 15 is 0 Å². The fraction of sp³-hybridized carbons (Fsp3) is 0.194. The van der Waals surface area contributed by atoms with E-state index in [-0.39, 0.29) is 17.3 Å². The number of ether oxygens (including phenoxy) is 4. The number of hydrogen-bond donors (Lipinski definition) is 2. The van der Waals surface area contributed by atoms with Gasteiger partial charge in [0.05, 0.1) is 33.6 Å². The van der Waals surface area contributed by atoms with Gasteiger partial charge in [-0.1, -0.05) is 42.5 Å². The van der Waals surface area contributed by atoms with E-state index in [1.54, 1.807) is 50.6 Å². The molecule has 0 aliphatic rings. The Morgan fingerprint density at radius 3 is 2.26 bits per heavy atom. The number of carbonyl (C=O) groups is 1. The maximum Gasteiger partial charge on any atom is 0.404 e. The Balaban J connectivity index is 1.64. The molecule has 0 unspecified atom stereocenters. The number of anilines is 2. The maximum absolute atomic E-state index is 13.7. The average molecular weight is 592 g/mol. The van der Waals surface area contributed by atoms with Gasteiger partial charge in [-0.3, -0.25) is 4.72 Å². The van der Waals surface area contributed by atoms with E-state index in [9.17, 15) is 13.2 Å². The Hall–Kier alpha value is -4.90. The minimum atomic E-state index is -4.08. The Morgan fingerprint density at radius 2 is 1.57 bits per heavy atom. The molecule has 0 atom stereocenters. The third-order valence-electron chi connectivity index (χ3n) is 6.47. The lowest BCUT2D eigenvalue weighted by atomic mass is 10.0. The molecule has 42 heavy (non-hydrogen) atoms. The van der Waals surface area contributed by atoms with Crippen LogP contribution in [0.4, 0.5) is 16.2 Å². The molecule has 220 valence electrons. The van der Waals surface area contributed by atoms with E-state index in [1.807, 2.05) is 59.5 Å². The number of amides is 1. The number of benzene rings is 4. The third kappa shape index (κ3) is 7.43. The first-order valence-electron chi connectivity index (χ1n) is 13.0. The summed E-state index contributed by atoms with van der Waals surface area (Å²) in [5, 5.41) is 0. The Bertz CT molecular complexity index is 1630. The normalized spacial score (nSPS) is 10.9. The number of hydrogen-bond acceptors (Lipinski definition) is 8. The van der Waals surface area contributed by atoms with Crippen molar-refractivity contribution < 1.29 is 32.2 Å². The maximum atomic E-state index is 13.7. The molecule has 0 heterocycles. The van der Waals surface area contributed by atoms with Gasteiger partial charge in [-0.15, -0.1) is 0 Å². The monoisotopic (exact) mass is 591 g/mol. The van der Waals surface area contributed by atoms with Gasteiger partial charge in [-0.05, 0) is 59.7 Å². The molecule has 0 bridgehead atoms. The summed E-state index contributed by atoms with van der Waals surface area (Å²) in [5.41, 5.74) is 8.56. The number of nitrogens with zero attached hydrogens (tertiary/aromatic N) is 1. The molecular formula is C31H33N3O7S. The predicted octanol–water partition coefficient (Wildman–Crippen LogP) is 5.28. The zero-order valence-electron chi connectivity index (χ0n) is 23.6. The molecule has 0 spiro atoms. The van der Waals surface area contributed by atoms with E-state index in [1.165, 1.54) is 7.11 Å². The summed E-state index contributed by atoms with van der Waals surface area (Å²) in [5.74, 6) is 1.54. The van der Waals surface area contributed by atoms with Gasteiger partial charge in [-0.25, -0.2) is 13.2 Å². The highest BCUT2D eigenvalue weighted by atomic mass is 32.2. The third-order valence-corrected chi connectivity index (χ3v) is 7.88. The van der Waals surface area contributed by atoms with E-state index in [4.69, 9.17) is 24.7 Å². The largest absolute Gasteiger partial charge is 0.497 e. The summed E-state index contributed by atoms with van der Waals surface area (Å²) < 4.78 is 51.1. The van der Waals surface area contributed by atoms with Crippen LogP contribution in [0, 0.1) is 0 Å². The van der Waals surface area contributed by atoms with Crippen LogP contribution in [0.1, 0.15) is 5.56 Å². The SMILES string of the molecule is COc1ccc(CN(CCOC(N)=O)c2cccc(NS(=O)(=O)c3cc(-c4ccccc4OC)ccc3OC)c2)cc1. The number of carbonyl (C=O) groups excluding carboxylic acids is 1. The molecule has 0 saturated carbocycles. The molecule has 0 aliphatic carbocycles. The molecule has 4 aromatic carbocycles. The highest BCUT2D eigenvalue weighted by Crippen LogP contribution is 2.35. The second kappa shape index (κ2) is 13.6. The Labute approximate surface area is 245 Å². The lowest BCUT2D eigenvalue weighted by Crippen LogP contribution is -2.29. The molecule has 0 saturated heterocycles. The standard InChI is InChI=1S/C31H33N3O7S/c1-38-26-14-11-22(12-15-26)21-34(17-18-41-31(32)35)25-8-6-7-24(20-25)33-42(36,37)30-19-23(13-16-29(30)40-3)27-9-4-5-10-28(27)39-2/h4-16,19-20,33H,17-18,21H2,1-3H3,(H2,32,35). The number of methoxy groups -OCH3 is 3. The first-order chi connectivity index (χ1) is 20.2. The number of primary amides is 1. The zero-order valence-corrected chi connectivity index (χ0v) is 24.4. The van der Waals surface area contributed by atoms with Crippen molar-refractivity contribution in [3.8, 4) is 28.4 Å². The van der Waals surface area contributed by atoms with E-state index in [0.717, 1.165) is 16.9 Å². The summed E-state index contributed by atoms with van der Waals surface area (Å²) in [4.78, 5) is 13.1.